The number of nitrogens with zero attached hydrogens (tertiary/aromatic N) is 1. The molecule has 2 N–H and O–H groups in total. The third-order valence-corrected chi connectivity index (χ3v) is 4.18. The summed E-state index contributed by atoms with van der Waals surface area (Å²) in [4.78, 5) is 0. The van der Waals surface area contributed by atoms with Gasteiger partial charge in [0.15, 0.2) is 0 Å². The molecule has 2 aromatic rings. The number of phenols is 1. The van der Waals surface area contributed by atoms with Crippen LogP contribution >= 0.6 is 43.5 Å². The maximum Gasteiger partial charge on any atom is 0.143 e. The van der Waals surface area contributed by atoms with E-state index in [1.54, 1.807) is 18.2 Å². The number of hydrogen-bond donors (Lipinski definition) is 2. The molecule has 0 atom stereocenters. The van der Waals surface area contributed by atoms with Crippen molar-refractivity contribution in [1.82, 2.24) is 0 Å². The van der Waals surface area contributed by atoms with Crippen molar-refractivity contribution < 1.29 is 5.11 Å². The van der Waals surface area contributed by atoms with Crippen LogP contribution in [0.3, 0.4) is 0 Å². The Hall–Kier alpha value is -1.22. The van der Waals surface area contributed by atoms with Gasteiger partial charge < -0.3 is 10.4 Å². The molecule has 0 spiro atoms. The highest BCUT2D eigenvalue weighted by Gasteiger charge is 2.06. The van der Waals surface area contributed by atoms with Crippen LogP contribution in [0.1, 0.15) is 11.1 Å². The van der Waals surface area contributed by atoms with Crippen LogP contribution in [0.25, 0.3) is 0 Å². The number of nitrogens with one attached hydrogen (secondary N) is 1. The molecule has 20 heavy (non-hydrogen) atoms. The first kappa shape index (κ1) is 15.2. The summed E-state index contributed by atoms with van der Waals surface area (Å²) in [6.07, 6.45) is 0. The standard InChI is InChI=1S/C14H9Br2ClN2O/c15-11-3-8(4-12(16)14(11)20)7-19-10-2-1-9(6-18)13(17)5-10/h1-5,19-20H,7H2. The minimum absolute atomic E-state index is 0.176. The lowest BCUT2D eigenvalue weighted by molar-refractivity contribution is 0.468. The predicted octanol–water partition coefficient (Wildman–Crippen LogP) is 5.05. The van der Waals surface area contributed by atoms with E-state index in [1.807, 2.05) is 18.2 Å². The Morgan fingerprint density at radius 1 is 1.20 bits per heavy atom. The lowest BCUT2D eigenvalue weighted by Gasteiger charge is -2.09. The minimum atomic E-state index is 0.176. The fourth-order valence-corrected chi connectivity index (χ4v) is 3.14. The number of benzene rings is 2. The Morgan fingerprint density at radius 2 is 1.85 bits per heavy atom. The zero-order valence-corrected chi connectivity index (χ0v) is 14.1. The first-order valence-corrected chi connectivity index (χ1v) is 7.58. The fourth-order valence-electron chi connectivity index (χ4n) is 1.64. The molecule has 2 aromatic carbocycles. The monoisotopic (exact) mass is 414 g/mol. The van der Waals surface area contributed by atoms with Gasteiger partial charge in [0, 0.05) is 12.2 Å². The smallest absolute Gasteiger partial charge is 0.143 e. The van der Waals surface area contributed by atoms with E-state index in [0.29, 0.717) is 26.1 Å². The van der Waals surface area contributed by atoms with E-state index in [9.17, 15) is 5.11 Å². The number of phenolic OH excluding ortho intramolecular Hbond substituents is 1. The zero-order valence-electron chi connectivity index (χ0n) is 10.1. The highest BCUT2D eigenvalue weighted by atomic mass is 79.9. The van der Waals surface area contributed by atoms with Gasteiger partial charge in [-0.3, -0.25) is 0 Å². The minimum Gasteiger partial charge on any atom is -0.506 e. The zero-order chi connectivity index (χ0) is 14.7. The summed E-state index contributed by atoms with van der Waals surface area (Å²) in [6, 6.07) is 10.9. The van der Waals surface area contributed by atoms with Crippen molar-refractivity contribution in [3.05, 3.63) is 55.4 Å². The lowest BCUT2D eigenvalue weighted by atomic mass is 10.2. The van der Waals surface area contributed by atoms with Crippen molar-refractivity contribution in [2.24, 2.45) is 0 Å². The van der Waals surface area contributed by atoms with Crippen molar-refractivity contribution >= 4 is 49.1 Å². The molecule has 0 aliphatic rings. The molecule has 0 saturated carbocycles. The normalized spacial score (nSPS) is 10.1. The molecule has 0 bridgehead atoms. The quantitative estimate of drug-likeness (QED) is 0.736. The van der Waals surface area contributed by atoms with Crippen molar-refractivity contribution in [3.8, 4) is 11.8 Å². The second kappa shape index (κ2) is 6.49. The van der Waals surface area contributed by atoms with E-state index in [-0.39, 0.29) is 5.75 Å². The third-order valence-electron chi connectivity index (χ3n) is 2.66. The van der Waals surface area contributed by atoms with E-state index in [4.69, 9.17) is 16.9 Å². The molecule has 0 radical (unpaired) electrons. The average molecular weight is 416 g/mol. The molecule has 0 saturated heterocycles. The van der Waals surface area contributed by atoms with Crippen LogP contribution in [0.15, 0.2) is 39.3 Å². The van der Waals surface area contributed by atoms with E-state index >= 15 is 0 Å². The van der Waals surface area contributed by atoms with Crippen LogP contribution in [0.5, 0.6) is 5.75 Å². The number of halogens is 3. The Kier molecular flexibility index (Phi) is 4.92. The van der Waals surface area contributed by atoms with Gasteiger partial charge in [0.1, 0.15) is 11.8 Å². The van der Waals surface area contributed by atoms with E-state index in [1.165, 1.54) is 0 Å². The van der Waals surface area contributed by atoms with Crippen LogP contribution in [0.2, 0.25) is 5.02 Å². The van der Waals surface area contributed by atoms with Crippen LogP contribution in [-0.4, -0.2) is 5.11 Å². The Bertz CT molecular complexity index is 675. The number of hydrogen-bond acceptors (Lipinski definition) is 3. The topological polar surface area (TPSA) is 56.0 Å². The second-order valence-electron chi connectivity index (χ2n) is 4.07. The Balaban J connectivity index is 2.13. The maximum atomic E-state index is 9.65. The summed E-state index contributed by atoms with van der Waals surface area (Å²) in [5.41, 5.74) is 2.27. The van der Waals surface area contributed by atoms with Crippen LogP contribution in [0, 0.1) is 11.3 Å². The number of aromatic hydroxyl groups is 1. The average Bonchev–Trinajstić information content (AvgIpc) is 2.42. The van der Waals surface area contributed by atoms with Gasteiger partial charge in [-0.2, -0.15) is 5.26 Å². The third kappa shape index (κ3) is 3.45. The predicted molar refractivity (Wildman–Crippen MR) is 87.0 cm³/mol. The molecule has 102 valence electrons. The molecule has 3 nitrogen and oxygen atoms in total. The van der Waals surface area contributed by atoms with Crippen molar-refractivity contribution in [2.45, 2.75) is 6.54 Å². The van der Waals surface area contributed by atoms with Crippen molar-refractivity contribution in [1.29, 1.82) is 5.26 Å². The summed E-state index contributed by atoms with van der Waals surface area (Å²) in [5, 5.41) is 22.1. The molecule has 0 amide bonds. The summed E-state index contributed by atoms with van der Waals surface area (Å²) < 4.78 is 1.25. The van der Waals surface area contributed by atoms with E-state index in [2.05, 4.69) is 37.2 Å². The molecule has 2 rings (SSSR count). The van der Waals surface area contributed by atoms with Gasteiger partial charge in [-0.25, -0.2) is 0 Å². The summed E-state index contributed by atoms with van der Waals surface area (Å²) in [7, 11) is 0. The highest BCUT2D eigenvalue weighted by Crippen LogP contribution is 2.33. The number of rotatable bonds is 3. The van der Waals surface area contributed by atoms with Gasteiger partial charge in [-0.15, -0.1) is 0 Å². The second-order valence-corrected chi connectivity index (χ2v) is 6.18. The van der Waals surface area contributed by atoms with Gasteiger partial charge in [0.2, 0.25) is 0 Å². The molecular weight excluding hydrogens is 407 g/mol. The SMILES string of the molecule is N#Cc1ccc(NCc2cc(Br)c(O)c(Br)c2)cc1Cl. The highest BCUT2D eigenvalue weighted by molar-refractivity contribution is 9.11. The first-order chi connectivity index (χ1) is 9.51. The number of anilines is 1. The van der Waals surface area contributed by atoms with E-state index < -0.39 is 0 Å². The fraction of sp³-hybridized carbons (Fsp3) is 0.0714. The van der Waals surface area contributed by atoms with Gasteiger partial charge in [-0.1, -0.05) is 11.6 Å². The van der Waals surface area contributed by atoms with Crippen LogP contribution < -0.4 is 5.32 Å². The largest absolute Gasteiger partial charge is 0.506 e. The first-order valence-electron chi connectivity index (χ1n) is 5.61. The van der Waals surface area contributed by atoms with Gasteiger partial charge >= 0.3 is 0 Å². The van der Waals surface area contributed by atoms with E-state index in [0.717, 1.165) is 11.3 Å². The van der Waals surface area contributed by atoms with Crippen molar-refractivity contribution in [2.75, 3.05) is 5.32 Å². The van der Waals surface area contributed by atoms with Crippen LogP contribution in [-0.2, 0) is 6.54 Å². The molecule has 0 aliphatic heterocycles. The van der Waals surface area contributed by atoms with Crippen LogP contribution in [0.4, 0.5) is 5.69 Å². The molecule has 6 heteroatoms. The summed E-state index contributed by atoms with van der Waals surface area (Å²) >= 11 is 12.5. The summed E-state index contributed by atoms with van der Waals surface area (Å²) in [5.74, 6) is 0.176. The molecule has 0 unspecified atom stereocenters. The van der Waals surface area contributed by atoms with Gasteiger partial charge in [-0.05, 0) is 67.8 Å². The van der Waals surface area contributed by atoms with Gasteiger partial charge in [0.25, 0.3) is 0 Å². The summed E-state index contributed by atoms with van der Waals surface area (Å²) in [6.45, 7) is 0.569. The molecule has 0 aliphatic carbocycles. The molecule has 0 heterocycles. The van der Waals surface area contributed by atoms with Gasteiger partial charge in [0.05, 0.1) is 19.5 Å². The number of nitriles is 1. The maximum absolute atomic E-state index is 9.65. The Morgan fingerprint density at radius 3 is 2.40 bits per heavy atom. The van der Waals surface area contributed by atoms with Crippen molar-refractivity contribution in [3.63, 3.8) is 0 Å². The molecular formula is C14H9Br2ClN2O. The molecule has 0 fully saturated rings. The lowest BCUT2D eigenvalue weighted by Crippen LogP contribution is -1.99. The Labute approximate surface area is 138 Å². The molecule has 0 aromatic heterocycles.